The first-order valence-corrected chi connectivity index (χ1v) is 10.0. The lowest BCUT2D eigenvalue weighted by molar-refractivity contribution is -0.145. The summed E-state index contributed by atoms with van der Waals surface area (Å²) in [7, 11) is -3.89. The molecule has 1 N–H and O–H groups in total. The molecule has 26 heavy (non-hydrogen) atoms. The van der Waals surface area contributed by atoms with E-state index in [1.54, 1.807) is 18.7 Å². The number of hydrogen-bond donors (Lipinski definition) is 1. The minimum absolute atomic E-state index is 0.00580. The number of amides is 1. The Morgan fingerprint density at radius 2 is 1.96 bits per heavy atom. The maximum absolute atomic E-state index is 12.8. The summed E-state index contributed by atoms with van der Waals surface area (Å²) in [6.07, 6.45) is 0. The SMILES string of the molecule is Cc1noc(C)c1S(=O)(=O)N[C@@H](C)C(=O)N1C[C@@H](C)[C@H]1c1ccccc1. The molecular weight excluding hydrogens is 354 g/mol. The zero-order chi connectivity index (χ0) is 19.1. The number of likely N-dealkylation sites (tertiary alicyclic amines) is 1. The van der Waals surface area contributed by atoms with Crippen LogP contribution in [0.3, 0.4) is 0 Å². The summed E-state index contributed by atoms with van der Waals surface area (Å²) in [6.45, 7) is 7.34. The van der Waals surface area contributed by atoms with Crippen molar-refractivity contribution in [1.82, 2.24) is 14.8 Å². The van der Waals surface area contributed by atoms with Gasteiger partial charge in [0.2, 0.25) is 15.9 Å². The molecule has 140 valence electrons. The zero-order valence-corrected chi connectivity index (χ0v) is 16.1. The summed E-state index contributed by atoms with van der Waals surface area (Å²) in [6, 6.07) is 8.86. The van der Waals surface area contributed by atoms with Crippen LogP contribution in [0.2, 0.25) is 0 Å². The molecule has 3 atom stereocenters. The molecule has 1 fully saturated rings. The number of carbonyl (C=O) groups excluding carboxylic acids is 1. The van der Waals surface area contributed by atoms with Crippen LogP contribution in [0.25, 0.3) is 0 Å². The molecule has 1 amide bonds. The highest BCUT2D eigenvalue weighted by Gasteiger charge is 2.42. The van der Waals surface area contributed by atoms with E-state index in [2.05, 4.69) is 16.8 Å². The molecule has 0 saturated carbocycles. The zero-order valence-electron chi connectivity index (χ0n) is 15.3. The highest BCUT2D eigenvalue weighted by Crippen LogP contribution is 2.38. The number of hydrogen-bond acceptors (Lipinski definition) is 5. The number of rotatable bonds is 5. The molecule has 2 aromatic rings. The van der Waals surface area contributed by atoms with Crippen LogP contribution in [-0.2, 0) is 14.8 Å². The van der Waals surface area contributed by atoms with Crippen LogP contribution in [0.4, 0.5) is 0 Å². The average Bonchev–Trinajstić information content (AvgIpc) is 2.91. The maximum Gasteiger partial charge on any atom is 0.246 e. The fourth-order valence-corrected chi connectivity index (χ4v) is 5.05. The molecule has 0 aliphatic carbocycles. The largest absolute Gasteiger partial charge is 0.360 e. The maximum atomic E-state index is 12.8. The third-order valence-electron chi connectivity index (χ3n) is 4.72. The molecule has 0 bridgehead atoms. The third kappa shape index (κ3) is 3.26. The van der Waals surface area contributed by atoms with Crippen molar-refractivity contribution in [3.05, 3.63) is 47.3 Å². The van der Waals surface area contributed by atoms with Crippen molar-refractivity contribution in [2.45, 2.75) is 44.7 Å². The lowest BCUT2D eigenvalue weighted by Crippen LogP contribution is -2.57. The topological polar surface area (TPSA) is 92.5 Å². The first-order valence-electron chi connectivity index (χ1n) is 8.53. The van der Waals surface area contributed by atoms with E-state index < -0.39 is 16.1 Å². The average molecular weight is 377 g/mol. The van der Waals surface area contributed by atoms with Crippen molar-refractivity contribution in [1.29, 1.82) is 0 Å². The second kappa shape index (κ2) is 6.85. The van der Waals surface area contributed by atoms with Gasteiger partial charge in [0, 0.05) is 6.54 Å². The number of nitrogens with zero attached hydrogens (tertiary/aromatic N) is 2. The molecule has 1 aromatic heterocycles. The van der Waals surface area contributed by atoms with Gasteiger partial charge in [0.05, 0.1) is 12.1 Å². The van der Waals surface area contributed by atoms with Crippen LogP contribution in [0, 0.1) is 19.8 Å². The monoisotopic (exact) mass is 377 g/mol. The Bertz CT molecular complexity index is 888. The van der Waals surface area contributed by atoms with Gasteiger partial charge in [-0.2, -0.15) is 4.72 Å². The molecular formula is C18H23N3O4S. The van der Waals surface area contributed by atoms with Crippen molar-refractivity contribution in [2.75, 3.05) is 6.54 Å². The lowest BCUT2D eigenvalue weighted by Gasteiger charge is -2.48. The van der Waals surface area contributed by atoms with Crippen molar-refractivity contribution >= 4 is 15.9 Å². The standard InChI is InChI=1S/C18H23N3O4S/c1-11-10-21(16(11)15-8-6-5-7-9-15)18(22)13(3)20-26(23,24)17-12(2)19-25-14(17)4/h5-9,11,13,16,20H,10H2,1-4H3/t11-,13+,16+/m1/s1. The molecule has 1 aliphatic rings. The van der Waals surface area contributed by atoms with E-state index in [0.717, 1.165) is 5.56 Å². The highest BCUT2D eigenvalue weighted by molar-refractivity contribution is 7.89. The third-order valence-corrected chi connectivity index (χ3v) is 6.51. The second-order valence-electron chi connectivity index (χ2n) is 6.82. The van der Waals surface area contributed by atoms with Gasteiger partial charge < -0.3 is 9.42 Å². The summed E-state index contributed by atoms with van der Waals surface area (Å²) < 4.78 is 32.6. The summed E-state index contributed by atoms with van der Waals surface area (Å²) in [5, 5.41) is 3.67. The number of benzene rings is 1. The van der Waals surface area contributed by atoms with E-state index in [4.69, 9.17) is 4.52 Å². The summed E-state index contributed by atoms with van der Waals surface area (Å²) in [4.78, 5) is 14.5. The first-order chi connectivity index (χ1) is 12.2. The molecule has 2 heterocycles. The number of sulfonamides is 1. The Morgan fingerprint density at radius 1 is 1.31 bits per heavy atom. The molecule has 7 nitrogen and oxygen atoms in total. The number of aryl methyl sites for hydroxylation is 2. The second-order valence-corrected chi connectivity index (χ2v) is 8.47. The highest BCUT2D eigenvalue weighted by atomic mass is 32.2. The van der Waals surface area contributed by atoms with E-state index in [0.29, 0.717) is 12.5 Å². The predicted molar refractivity (Wildman–Crippen MR) is 95.8 cm³/mol. The summed E-state index contributed by atoms with van der Waals surface area (Å²) in [5.74, 6) is 0.286. The van der Waals surface area contributed by atoms with E-state index in [1.807, 2.05) is 30.3 Å². The van der Waals surface area contributed by atoms with Crippen molar-refractivity contribution < 1.29 is 17.7 Å². The van der Waals surface area contributed by atoms with Crippen molar-refractivity contribution in [3.63, 3.8) is 0 Å². The van der Waals surface area contributed by atoms with E-state index in [1.165, 1.54) is 6.92 Å². The van der Waals surface area contributed by atoms with Crippen molar-refractivity contribution in [2.24, 2.45) is 5.92 Å². The van der Waals surface area contributed by atoms with E-state index in [-0.39, 0.29) is 28.3 Å². The van der Waals surface area contributed by atoms with Gasteiger partial charge >= 0.3 is 0 Å². The predicted octanol–water partition coefficient (Wildman–Crippen LogP) is 2.18. The van der Waals surface area contributed by atoms with E-state index >= 15 is 0 Å². The molecule has 1 aromatic carbocycles. The Balaban J connectivity index is 1.76. The smallest absolute Gasteiger partial charge is 0.246 e. The first kappa shape index (κ1) is 18.6. The van der Waals surface area contributed by atoms with E-state index in [9.17, 15) is 13.2 Å². The Labute approximate surface area is 153 Å². The molecule has 0 spiro atoms. The minimum Gasteiger partial charge on any atom is -0.360 e. The normalized spacial score (nSPS) is 21.3. The Morgan fingerprint density at radius 3 is 2.50 bits per heavy atom. The Hall–Kier alpha value is -2.19. The minimum atomic E-state index is -3.89. The quantitative estimate of drug-likeness (QED) is 0.862. The van der Waals surface area contributed by atoms with Crippen molar-refractivity contribution in [3.8, 4) is 0 Å². The molecule has 0 radical (unpaired) electrons. The lowest BCUT2D eigenvalue weighted by atomic mass is 9.84. The van der Waals surface area contributed by atoms with Gasteiger partial charge in [-0.3, -0.25) is 4.79 Å². The number of carbonyl (C=O) groups is 1. The van der Waals surface area contributed by atoms with Gasteiger partial charge in [-0.15, -0.1) is 0 Å². The van der Waals surface area contributed by atoms with Crippen LogP contribution in [0.5, 0.6) is 0 Å². The van der Waals surface area contributed by atoms with Gasteiger partial charge in [-0.1, -0.05) is 42.4 Å². The Kier molecular flexibility index (Phi) is 4.90. The fraction of sp³-hybridized carbons (Fsp3) is 0.444. The van der Waals surface area contributed by atoms with Crippen LogP contribution < -0.4 is 4.72 Å². The van der Waals surface area contributed by atoms with Crippen LogP contribution in [-0.4, -0.2) is 37.0 Å². The van der Waals surface area contributed by atoms with Crippen LogP contribution >= 0.6 is 0 Å². The van der Waals surface area contributed by atoms with Gasteiger partial charge in [0.15, 0.2) is 5.76 Å². The molecule has 0 unspecified atom stereocenters. The summed E-state index contributed by atoms with van der Waals surface area (Å²) in [5.41, 5.74) is 1.33. The molecule has 1 saturated heterocycles. The van der Waals surface area contributed by atoms with Gasteiger partial charge in [-0.25, -0.2) is 8.42 Å². The fourth-order valence-electron chi connectivity index (χ4n) is 3.53. The number of aromatic nitrogens is 1. The van der Waals surface area contributed by atoms with Gasteiger partial charge in [0.1, 0.15) is 10.6 Å². The molecule has 1 aliphatic heterocycles. The number of nitrogens with one attached hydrogen (secondary N) is 1. The summed E-state index contributed by atoms with van der Waals surface area (Å²) >= 11 is 0. The van der Waals surface area contributed by atoms with Crippen LogP contribution in [0.15, 0.2) is 39.8 Å². The van der Waals surface area contributed by atoms with Gasteiger partial charge in [-0.05, 0) is 32.3 Å². The molecule has 8 heteroatoms. The van der Waals surface area contributed by atoms with Crippen LogP contribution in [0.1, 0.15) is 36.9 Å². The van der Waals surface area contributed by atoms with Gasteiger partial charge in [0.25, 0.3) is 0 Å². The molecule has 3 rings (SSSR count).